The number of hydrogen-bond acceptors (Lipinski definition) is 2. The lowest BCUT2D eigenvalue weighted by Gasteiger charge is -2.50. The monoisotopic (exact) mass is 281 g/mol. The maximum atomic E-state index is 11.6. The smallest absolute Gasteiger partial charge is 0.320 e. The number of aliphatic carboxylic acids is 1. The van der Waals surface area contributed by atoms with E-state index in [1.807, 2.05) is 0 Å². The first-order valence-electron chi connectivity index (χ1n) is 8.51. The van der Waals surface area contributed by atoms with Crippen LogP contribution >= 0.6 is 0 Å². The number of hydrogen-bond donors (Lipinski definition) is 1. The molecule has 0 radical (unpaired) electrons. The van der Waals surface area contributed by atoms with Gasteiger partial charge in [-0.15, -0.1) is 0 Å². The van der Waals surface area contributed by atoms with Crippen LogP contribution in [0.5, 0.6) is 0 Å². The molecule has 4 atom stereocenters. The molecule has 116 valence electrons. The van der Waals surface area contributed by atoms with Crippen LogP contribution in [-0.2, 0) is 4.79 Å². The number of carboxylic acids is 1. The van der Waals surface area contributed by atoms with Gasteiger partial charge in [-0.2, -0.15) is 0 Å². The van der Waals surface area contributed by atoms with Gasteiger partial charge in [-0.05, 0) is 57.3 Å². The molecular weight excluding hydrogens is 250 g/mol. The zero-order chi connectivity index (χ0) is 14.7. The van der Waals surface area contributed by atoms with Crippen molar-refractivity contribution in [3.63, 3.8) is 0 Å². The molecule has 2 aliphatic rings. The van der Waals surface area contributed by atoms with Gasteiger partial charge in [0.15, 0.2) is 0 Å². The maximum absolute atomic E-state index is 11.6. The van der Waals surface area contributed by atoms with Crippen molar-refractivity contribution in [3.8, 4) is 0 Å². The molecule has 1 heterocycles. The molecule has 0 aromatic carbocycles. The van der Waals surface area contributed by atoms with Crippen LogP contribution in [0.15, 0.2) is 0 Å². The van der Waals surface area contributed by atoms with Crippen molar-refractivity contribution in [2.24, 2.45) is 11.8 Å². The Bertz CT molecular complexity index is 329. The van der Waals surface area contributed by atoms with Crippen LogP contribution in [0.3, 0.4) is 0 Å². The van der Waals surface area contributed by atoms with E-state index in [2.05, 4.69) is 25.7 Å². The summed E-state index contributed by atoms with van der Waals surface area (Å²) < 4.78 is 0. The van der Waals surface area contributed by atoms with E-state index in [4.69, 9.17) is 0 Å². The lowest BCUT2D eigenvalue weighted by molar-refractivity contribution is -0.150. The highest BCUT2D eigenvalue weighted by Crippen LogP contribution is 2.39. The molecule has 1 aliphatic carbocycles. The Morgan fingerprint density at radius 1 is 1.10 bits per heavy atom. The quantitative estimate of drug-likeness (QED) is 0.830. The molecule has 0 bridgehead atoms. The molecule has 0 spiro atoms. The summed E-state index contributed by atoms with van der Waals surface area (Å²) in [6.45, 7) is 6.75. The normalized spacial score (nSPS) is 32.9. The van der Waals surface area contributed by atoms with Crippen molar-refractivity contribution in [3.05, 3.63) is 0 Å². The van der Waals surface area contributed by atoms with Crippen molar-refractivity contribution in [1.82, 2.24) is 4.90 Å². The minimum Gasteiger partial charge on any atom is -0.480 e. The Balaban J connectivity index is 2.09. The topological polar surface area (TPSA) is 40.5 Å². The van der Waals surface area contributed by atoms with Crippen molar-refractivity contribution < 1.29 is 9.90 Å². The van der Waals surface area contributed by atoms with Crippen LogP contribution in [0.4, 0.5) is 0 Å². The molecule has 1 aliphatic heterocycles. The summed E-state index contributed by atoms with van der Waals surface area (Å²) in [4.78, 5) is 14.0. The van der Waals surface area contributed by atoms with Crippen molar-refractivity contribution in [2.75, 3.05) is 0 Å². The summed E-state index contributed by atoms with van der Waals surface area (Å²) >= 11 is 0. The van der Waals surface area contributed by atoms with Crippen LogP contribution < -0.4 is 0 Å². The summed E-state index contributed by atoms with van der Waals surface area (Å²) in [5.41, 5.74) is 0. The van der Waals surface area contributed by atoms with Crippen LogP contribution in [-0.4, -0.2) is 34.1 Å². The highest BCUT2D eigenvalue weighted by Gasteiger charge is 2.43. The van der Waals surface area contributed by atoms with Crippen molar-refractivity contribution in [2.45, 2.75) is 90.3 Å². The van der Waals surface area contributed by atoms with E-state index in [1.54, 1.807) is 0 Å². The molecule has 3 heteroatoms. The third-order valence-electron chi connectivity index (χ3n) is 5.38. The Hall–Kier alpha value is -0.570. The summed E-state index contributed by atoms with van der Waals surface area (Å²) in [5, 5.41) is 9.58. The highest BCUT2D eigenvalue weighted by molar-refractivity contribution is 5.73. The Labute approximate surface area is 123 Å². The molecule has 20 heavy (non-hydrogen) atoms. The fourth-order valence-electron chi connectivity index (χ4n) is 4.28. The largest absolute Gasteiger partial charge is 0.480 e. The van der Waals surface area contributed by atoms with Crippen molar-refractivity contribution in [1.29, 1.82) is 0 Å². The first-order valence-corrected chi connectivity index (χ1v) is 8.51. The molecule has 0 aromatic rings. The molecule has 1 saturated heterocycles. The Morgan fingerprint density at radius 3 is 2.45 bits per heavy atom. The molecule has 1 N–H and O–H groups in total. The number of piperidine rings is 1. The zero-order valence-corrected chi connectivity index (χ0v) is 13.3. The molecule has 4 unspecified atom stereocenters. The average molecular weight is 281 g/mol. The second-order valence-corrected chi connectivity index (χ2v) is 7.31. The van der Waals surface area contributed by atoms with Gasteiger partial charge in [0.2, 0.25) is 0 Å². The van der Waals surface area contributed by atoms with Gasteiger partial charge in [-0.3, -0.25) is 9.69 Å². The average Bonchev–Trinajstić information content (AvgIpc) is 2.43. The molecule has 1 saturated carbocycles. The maximum Gasteiger partial charge on any atom is 0.320 e. The van der Waals surface area contributed by atoms with E-state index >= 15 is 0 Å². The summed E-state index contributed by atoms with van der Waals surface area (Å²) in [7, 11) is 0. The van der Waals surface area contributed by atoms with E-state index in [-0.39, 0.29) is 6.04 Å². The lowest BCUT2D eigenvalue weighted by Crippen LogP contribution is -2.58. The van der Waals surface area contributed by atoms with Gasteiger partial charge < -0.3 is 5.11 Å². The van der Waals surface area contributed by atoms with Gasteiger partial charge >= 0.3 is 5.97 Å². The molecular formula is C17H31NO2. The van der Waals surface area contributed by atoms with Gasteiger partial charge in [-0.1, -0.05) is 26.7 Å². The van der Waals surface area contributed by atoms with Crippen LogP contribution in [0, 0.1) is 11.8 Å². The third kappa shape index (κ3) is 3.55. The Kier molecular flexibility index (Phi) is 5.48. The first-order chi connectivity index (χ1) is 9.50. The fourth-order valence-corrected chi connectivity index (χ4v) is 4.28. The van der Waals surface area contributed by atoms with Gasteiger partial charge in [0, 0.05) is 12.1 Å². The zero-order valence-electron chi connectivity index (χ0n) is 13.3. The summed E-state index contributed by atoms with van der Waals surface area (Å²) in [6.07, 6.45) is 9.43. The summed E-state index contributed by atoms with van der Waals surface area (Å²) in [6, 6.07) is 0.696. The minimum atomic E-state index is -0.606. The Morgan fingerprint density at radius 2 is 1.80 bits per heavy atom. The number of carboxylic acid groups (broad SMARTS) is 1. The minimum absolute atomic E-state index is 0.239. The molecule has 3 nitrogen and oxygen atoms in total. The van der Waals surface area contributed by atoms with E-state index in [1.165, 1.54) is 32.1 Å². The number of fused-ring (bicyclic) bond motifs is 1. The molecule has 2 fully saturated rings. The van der Waals surface area contributed by atoms with Crippen molar-refractivity contribution >= 4 is 5.97 Å². The van der Waals surface area contributed by atoms with Gasteiger partial charge in [0.25, 0.3) is 0 Å². The third-order valence-corrected chi connectivity index (χ3v) is 5.38. The van der Waals surface area contributed by atoms with E-state index in [9.17, 15) is 9.90 Å². The number of nitrogens with zero attached hydrogens (tertiary/aromatic N) is 1. The van der Waals surface area contributed by atoms with E-state index < -0.39 is 5.97 Å². The van der Waals surface area contributed by atoms with Gasteiger partial charge in [0.05, 0.1) is 0 Å². The molecule has 0 aromatic heterocycles. The predicted molar refractivity (Wildman–Crippen MR) is 81.8 cm³/mol. The van der Waals surface area contributed by atoms with Crippen LogP contribution in [0.25, 0.3) is 0 Å². The second-order valence-electron chi connectivity index (χ2n) is 7.31. The number of likely N-dealkylation sites (tertiary alicyclic amines) is 1. The lowest BCUT2D eigenvalue weighted by atomic mass is 9.75. The van der Waals surface area contributed by atoms with Gasteiger partial charge in [-0.25, -0.2) is 0 Å². The van der Waals surface area contributed by atoms with E-state index in [0.29, 0.717) is 18.0 Å². The van der Waals surface area contributed by atoms with Crippen LogP contribution in [0.1, 0.15) is 72.1 Å². The molecule has 2 rings (SSSR count). The van der Waals surface area contributed by atoms with E-state index in [0.717, 1.165) is 25.2 Å². The highest BCUT2D eigenvalue weighted by atomic mass is 16.4. The second kappa shape index (κ2) is 6.93. The molecule has 0 amide bonds. The first kappa shape index (κ1) is 15.8. The van der Waals surface area contributed by atoms with Crippen LogP contribution in [0.2, 0.25) is 0 Å². The summed E-state index contributed by atoms with van der Waals surface area (Å²) in [5.74, 6) is 0.846. The van der Waals surface area contributed by atoms with Gasteiger partial charge in [0.1, 0.15) is 6.04 Å². The number of carbonyl (C=O) groups is 1. The predicted octanol–water partition coefficient (Wildman–Crippen LogP) is 3.92. The fraction of sp³-hybridized carbons (Fsp3) is 0.941. The number of rotatable bonds is 5. The standard InChI is InChI=1S/C17H31NO2/c1-12(2)8-9-13(3)18-15-7-5-4-6-14(15)10-11-16(18)17(19)20/h12-16H,4-11H2,1-3H3,(H,19,20). The SMILES string of the molecule is CC(C)CCC(C)N1C(C(=O)O)CCC2CCCCC21.